The van der Waals surface area contributed by atoms with E-state index in [1.807, 2.05) is 6.07 Å². The Labute approximate surface area is 205 Å². The van der Waals surface area contributed by atoms with Crippen LogP contribution < -0.4 is 22.3 Å². The average Bonchev–Trinajstić information content (AvgIpc) is 2.80. The van der Waals surface area contributed by atoms with Crippen LogP contribution in [-0.2, 0) is 6.42 Å². The van der Waals surface area contributed by atoms with Crippen LogP contribution >= 0.6 is 11.6 Å². The van der Waals surface area contributed by atoms with Gasteiger partial charge in [-0.25, -0.2) is 22.5 Å². The van der Waals surface area contributed by atoms with Crippen molar-refractivity contribution in [3.63, 3.8) is 0 Å². The molecule has 4 aromatic rings. The number of benzene rings is 2. The molecule has 4 rings (SSSR count). The average molecular weight is 519 g/mol. The zero-order valence-electron chi connectivity index (χ0n) is 18.1. The molecule has 2 heterocycles. The number of nitrogens with zero attached hydrogens (tertiary/aromatic N) is 5. The van der Waals surface area contributed by atoms with Gasteiger partial charge in [0, 0.05) is 18.5 Å². The number of hydrogen-bond donors (Lipinski definition) is 3. The van der Waals surface area contributed by atoms with Crippen molar-refractivity contribution >= 4 is 40.1 Å². The van der Waals surface area contributed by atoms with Gasteiger partial charge in [0.15, 0.2) is 5.82 Å². The molecular formula is C22H15ClF4N8O. The first-order valence-corrected chi connectivity index (χ1v) is 10.5. The molecule has 0 bridgehead atoms. The standard InChI is InChI=1S/C22H15ClF4N8O/c23-17-13(25)1-2-14-16(17)21(36)35(11-6-9(18(26)27)5-10(24)7-11)15(32-14)3-4-31-20-12(8-28)19(29)33-22(30)34-20/h1-2,5-7,18H,3-4H2,(H5,29,30,31,33,34). The minimum atomic E-state index is -3.02. The first-order chi connectivity index (χ1) is 17.1. The zero-order valence-corrected chi connectivity index (χ0v) is 18.8. The highest BCUT2D eigenvalue weighted by molar-refractivity contribution is 6.35. The molecule has 0 aliphatic carbocycles. The number of nitrogens with two attached hydrogens (primary N) is 2. The van der Waals surface area contributed by atoms with Gasteiger partial charge in [-0.3, -0.25) is 9.36 Å². The van der Waals surface area contributed by atoms with Gasteiger partial charge in [0.05, 0.1) is 21.6 Å². The lowest BCUT2D eigenvalue weighted by molar-refractivity contribution is 0.151. The Kier molecular flexibility index (Phi) is 6.63. The lowest BCUT2D eigenvalue weighted by atomic mass is 10.1. The van der Waals surface area contributed by atoms with E-state index in [2.05, 4.69) is 20.3 Å². The number of nitrogen functional groups attached to an aromatic ring is 2. The number of halogens is 5. The molecule has 36 heavy (non-hydrogen) atoms. The summed E-state index contributed by atoms with van der Waals surface area (Å²) in [5.41, 5.74) is 9.42. The number of anilines is 3. The molecule has 0 atom stereocenters. The summed E-state index contributed by atoms with van der Waals surface area (Å²) in [7, 11) is 0. The number of hydrogen-bond acceptors (Lipinski definition) is 8. The van der Waals surface area contributed by atoms with E-state index in [9.17, 15) is 27.6 Å². The van der Waals surface area contributed by atoms with Crippen molar-refractivity contribution < 1.29 is 17.6 Å². The van der Waals surface area contributed by atoms with Gasteiger partial charge in [0.1, 0.15) is 34.9 Å². The molecule has 0 saturated carbocycles. The van der Waals surface area contributed by atoms with Crippen molar-refractivity contribution in [1.82, 2.24) is 19.5 Å². The summed E-state index contributed by atoms with van der Waals surface area (Å²) >= 11 is 6.00. The minimum Gasteiger partial charge on any atom is -0.382 e. The Morgan fingerprint density at radius 3 is 2.58 bits per heavy atom. The van der Waals surface area contributed by atoms with Gasteiger partial charge >= 0.3 is 0 Å². The molecule has 0 amide bonds. The van der Waals surface area contributed by atoms with Gasteiger partial charge in [-0.05, 0) is 30.3 Å². The Morgan fingerprint density at radius 2 is 1.89 bits per heavy atom. The molecule has 5 N–H and O–H groups in total. The van der Waals surface area contributed by atoms with Crippen molar-refractivity contribution in [1.29, 1.82) is 5.26 Å². The fourth-order valence-corrected chi connectivity index (χ4v) is 3.81. The first-order valence-electron chi connectivity index (χ1n) is 10.2. The van der Waals surface area contributed by atoms with Gasteiger partial charge in [-0.15, -0.1) is 0 Å². The maximum absolute atomic E-state index is 14.2. The molecule has 0 aliphatic heterocycles. The number of nitriles is 1. The molecule has 0 saturated heterocycles. The van der Waals surface area contributed by atoms with Gasteiger partial charge in [-0.2, -0.15) is 15.2 Å². The molecule has 184 valence electrons. The summed E-state index contributed by atoms with van der Waals surface area (Å²) in [6, 6.07) is 6.52. The highest BCUT2D eigenvalue weighted by atomic mass is 35.5. The molecule has 0 radical (unpaired) electrons. The van der Waals surface area contributed by atoms with Crippen LogP contribution in [-0.4, -0.2) is 26.1 Å². The number of nitrogens with one attached hydrogen (secondary N) is 1. The van der Waals surface area contributed by atoms with Gasteiger partial charge in [-0.1, -0.05) is 11.6 Å². The van der Waals surface area contributed by atoms with Crippen LogP contribution in [0.5, 0.6) is 0 Å². The molecule has 0 aliphatic rings. The van der Waals surface area contributed by atoms with E-state index in [0.717, 1.165) is 22.8 Å². The van der Waals surface area contributed by atoms with Crippen molar-refractivity contribution in [2.45, 2.75) is 12.8 Å². The summed E-state index contributed by atoms with van der Waals surface area (Å²) < 4.78 is 55.8. The Balaban J connectivity index is 1.84. The topological polar surface area (TPSA) is 149 Å². The van der Waals surface area contributed by atoms with Gasteiger partial charge in [0.2, 0.25) is 5.95 Å². The fraction of sp³-hybridized carbons (Fsp3) is 0.136. The third-order valence-corrected chi connectivity index (χ3v) is 5.49. The zero-order chi connectivity index (χ0) is 26.1. The smallest absolute Gasteiger partial charge is 0.267 e. The van der Waals surface area contributed by atoms with E-state index in [1.54, 1.807) is 0 Å². The van der Waals surface area contributed by atoms with E-state index in [4.69, 9.17) is 23.1 Å². The predicted octanol–water partition coefficient (Wildman–Crippen LogP) is 3.74. The maximum Gasteiger partial charge on any atom is 0.267 e. The second-order valence-electron chi connectivity index (χ2n) is 7.45. The SMILES string of the molecule is N#Cc1c(N)nc(N)nc1NCCc1nc2ccc(F)c(Cl)c2c(=O)n1-c1cc(F)cc(C(F)F)c1. The number of aromatic nitrogens is 4. The molecule has 9 nitrogen and oxygen atoms in total. The molecule has 2 aromatic carbocycles. The second-order valence-corrected chi connectivity index (χ2v) is 7.82. The minimum absolute atomic E-state index is 0.00185. The van der Waals surface area contributed by atoms with E-state index >= 15 is 0 Å². The lowest BCUT2D eigenvalue weighted by Crippen LogP contribution is -2.26. The van der Waals surface area contributed by atoms with Crippen LogP contribution in [0, 0.1) is 23.0 Å². The molecule has 0 spiro atoms. The monoisotopic (exact) mass is 518 g/mol. The number of alkyl halides is 2. The van der Waals surface area contributed by atoms with Crippen molar-refractivity contribution in [3.05, 3.63) is 74.3 Å². The van der Waals surface area contributed by atoms with Crippen LogP contribution in [0.2, 0.25) is 5.02 Å². The van der Waals surface area contributed by atoms with E-state index in [-0.39, 0.29) is 58.5 Å². The summed E-state index contributed by atoms with van der Waals surface area (Å²) in [4.78, 5) is 25.3. The third-order valence-electron chi connectivity index (χ3n) is 5.12. The van der Waals surface area contributed by atoms with E-state index < -0.39 is 34.2 Å². The highest BCUT2D eigenvalue weighted by Crippen LogP contribution is 2.26. The Hall–Kier alpha value is -4.44. The normalized spacial score (nSPS) is 11.1. The maximum atomic E-state index is 14.2. The van der Waals surface area contributed by atoms with Gasteiger partial charge in [0.25, 0.3) is 12.0 Å². The van der Waals surface area contributed by atoms with Crippen molar-refractivity contribution in [2.24, 2.45) is 0 Å². The van der Waals surface area contributed by atoms with E-state index in [1.165, 1.54) is 6.07 Å². The first kappa shape index (κ1) is 24.7. The lowest BCUT2D eigenvalue weighted by Gasteiger charge is -2.16. The van der Waals surface area contributed by atoms with Crippen LogP contribution in [0.1, 0.15) is 23.4 Å². The molecule has 14 heteroatoms. The predicted molar refractivity (Wildman–Crippen MR) is 125 cm³/mol. The van der Waals surface area contributed by atoms with Crippen molar-refractivity contribution in [2.75, 3.05) is 23.3 Å². The second kappa shape index (κ2) is 9.67. The molecule has 0 unspecified atom stereocenters. The highest BCUT2D eigenvalue weighted by Gasteiger charge is 2.20. The van der Waals surface area contributed by atoms with Crippen molar-refractivity contribution in [3.8, 4) is 11.8 Å². The van der Waals surface area contributed by atoms with Gasteiger partial charge < -0.3 is 16.8 Å². The van der Waals surface area contributed by atoms with Crippen LogP contribution in [0.25, 0.3) is 16.6 Å². The van der Waals surface area contributed by atoms with Crippen LogP contribution in [0.3, 0.4) is 0 Å². The number of rotatable bonds is 6. The Bertz CT molecular complexity index is 1600. The third kappa shape index (κ3) is 4.58. The largest absolute Gasteiger partial charge is 0.382 e. The molecule has 0 fully saturated rings. The van der Waals surface area contributed by atoms with E-state index in [0.29, 0.717) is 6.07 Å². The summed E-state index contributed by atoms with van der Waals surface area (Å²) in [5, 5.41) is 11.3. The molecule has 2 aromatic heterocycles. The number of fused-ring (bicyclic) bond motifs is 1. The van der Waals surface area contributed by atoms with Crippen LogP contribution in [0.4, 0.5) is 35.1 Å². The quantitative estimate of drug-likeness (QED) is 0.327. The summed E-state index contributed by atoms with van der Waals surface area (Å²) in [6.07, 6.45) is -3.08. The Morgan fingerprint density at radius 1 is 1.14 bits per heavy atom. The molecular weight excluding hydrogens is 504 g/mol. The fourth-order valence-electron chi connectivity index (χ4n) is 3.57. The van der Waals surface area contributed by atoms with Crippen LogP contribution in [0.15, 0.2) is 35.1 Å². The summed E-state index contributed by atoms with van der Waals surface area (Å²) in [5.74, 6) is -2.22. The summed E-state index contributed by atoms with van der Waals surface area (Å²) in [6.45, 7) is -0.00549.